The third-order valence-electron chi connectivity index (χ3n) is 1.97. The third kappa shape index (κ3) is 2.14. The average Bonchev–Trinajstić information content (AvgIpc) is 2.64. The molecule has 1 aromatic heterocycles. The number of aromatic amines is 1. The summed E-state index contributed by atoms with van der Waals surface area (Å²) in [4.78, 5) is 0. The summed E-state index contributed by atoms with van der Waals surface area (Å²) < 4.78 is 28.7. The molecular formula is C10H7ClF2N2O. The molecule has 0 aliphatic heterocycles. The summed E-state index contributed by atoms with van der Waals surface area (Å²) in [6, 6.07) is 6.37. The highest BCUT2D eigenvalue weighted by Crippen LogP contribution is 2.33. The molecule has 16 heavy (non-hydrogen) atoms. The van der Waals surface area contributed by atoms with Crippen LogP contribution in [0.5, 0.6) is 5.75 Å². The van der Waals surface area contributed by atoms with E-state index in [0.717, 1.165) is 0 Å². The molecule has 0 aliphatic rings. The lowest BCUT2D eigenvalue weighted by Gasteiger charge is -2.09. The first kappa shape index (κ1) is 10.9. The van der Waals surface area contributed by atoms with Crippen LogP contribution in [0.1, 0.15) is 0 Å². The smallest absolute Gasteiger partial charge is 0.387 e. The van der Waals surface area contributed by atoms with Gasteiger partial charge in [-0.25, -0.2) is 0 Å². The molecule has 0 unspecified atom stereocenters. The summed E-state index contributed by atoms with van der Waals surface area (Å²) in [5.41, 5.74) is 0.906. The van der Waals surface area contributed by atoms with Crippen LogP contribution < -0.4 is 4.74 Å². The maximum atomic E-state index is 12.2. The second kappa shape index (κ2) is 4.49. The van der Waals surface area contributed by atoms with Crippen LogP contribution in [0.4, 0.5) is 8.78 Å². The largest absolute Gasteiger partial charge is 0.434 e. The number of ether oxygens (including phenoxy) is 1. The molecular weight excluding hydrogens is 238 g/mol. The zero-order chi connectivity index (χ0) is 11.5. The predicted molar refractivity (Wildman–Crippen MR) is 55.7 cm³/mol. The Balaban J connectivity index is 2.44. The number of alkyl halides is 2. The van der Waals surface area contributed by atoms with Crippen molar-refractivity contribution < 1.29 is 13.5 Å². The second-order valence-corrected chi connectivity index (χ2v) is 3.37. The maximum Gasteiger partial charge on any atom is 0.387 e. The lowest BCUT2D eigenvalue weighted by atomic mass is 10.1. The van der Waals surface area contributed by atoms with Gasteiger partial charge in [0.2, 0.25) is 0 Å². The van der Waals surface area contributed by atoms with Gasteiger partial charge in [0, 0.05) is 5.56 Å². The number of halogens is 3. The molecule has 0 atom stereocenters. The minimum Gasteiger partial charge on any atom is -0.434 e. The number of nitrogens with zero attached hydrogens (tertiary/aromatic N) is 1. The van der Waals surface area contributed by atoms with Gasteiger partial charge in [-0.15, -0.1) is 0 Å². The van der Waals surface area contributed by atoms with Gasteiger partial charge in [-0.1, -0.05) is 23.7 Å². The number of rotatable bonds is 3. The molecule has 6 heteroatoms. The topological polar surface area (TPSA) is 37.9 Å². The summed E-state index contributed by atoms with van der Waals surface area (Å²) in [7, 11) is 0. The van der Waals surface area contributed by atoms with Crippen molar-refractivity contribution in [2.75, 3.05) is 0 Å². The van der Waals surface area contributed by atoms with Crippen molar-refractivity contribution in [3.05, 3.63) is 35.5 Å². The van der Waals surface area contributed by atoms with Gasteiger partial charge in [0.05, 0.1) is 16.9 Å². The molecule has 1 heterocycles. The van der Waals surface area contributed by atoms with Gasteiger partial charge in [0.1, 0.15) is 5.75 Å². The highest BCUT2D eigenvalue weighted by molar-refractivity contribution is 6.33. The van der Waals surface area contributed by atoms with Crippen LogP contribution in [-0.2, 0) is 0 Å². The fourth-order valence-corrected chi connectivity index (χ4v) is 1.53. The number of hydrogen-bond acceptors (Lipinski definition) is 2. The highest BCUT2D eigenvalue weighted by Gasteiger charge is 2.13. The van der Waals surface area contributed by atoms with Crippen LogP contribution in [0.25, 0.3) is 11.3 Å². The van der Waals surface area contributed by atoms with E-state index in [-0.39, 0.29) is 5.75 Å². The van der Waals surface area contributed by atoms with E-state index in [4.69, 9.17) is 11.6 Å². The molecule has 2 rings (SSSR count). The lowest BCUT2D eigenvalue weighted by molar-refractivity contribution is -0.0494. The van der Waals surface area contributed by atoms with Gasteiger partial charge in [-0.3, -0.25) is 5.10 Å². The molecule has 0 spiro atoms. The van der Waals surface area contributed by atoms with E-state index in [2.05, 4.69) is 14.9 Å². The highest BCUT2D eigenvalue weighted by atomic mass is 35.5. The number of aromatic nitrogens is 2. The third-order valence-corrected chi connectivity index (χ3v) is 2.25. The number of para-hydroxylation sites is 1. The minimum absolute atomic E-state index is 0.0589. The summed E-state index contributed by atoms with van der Waals surface area (Å²) in [6.45, 7) is -2.87. The van der Waals surface area contributed by atoms with E-state index in [1.165, 1.54) is 12.3 Å². The maximum absolute atomic E-state index is 12.2. The molecule has 3 nitrogen and oxygen atoms in total. The predicted octanol–water partition coefficient (Wildman–Crippen LogP) is 3.33. The zero-order valence-corrected chi connectivity index (χ0v) is 8.71. The number of benzene rings is 1. The van der Waals surface area contributed by atoms with Crippen molar-refractivity contribution in [2.24, 2.45) is 0 Å². The summed E-state index contributed by atoms with van der Waals surface area (Å²) >= 11 is 5.85. The lowest BCUT2D eigenvalue weighted by Crippen LogP contribution is -2.03. The molecule has 0 amide bonds. The van der Waals surface area contributed by atoms with Crippen LogP contribution in [-0.4, -0.2) is 16.8 Å². The first-order valence-corrected chi connectivity index (χ1v) is 4.79. The Morgan fingerprint density at radius 1 is 1.31 bits per heavy atom. The van der Waals surface area contributed by atoms with Gasteiger partial charge in [0.15, 0.2) is 0 Å². The van der Waals surface area contributed by atoms with Gasteiger partial charge in [-0.05, 0) is 12.1 Å². The van der Waals surface area contributed by atoms with E-state index in [9.17, 15) is 8.78 Å². The molecule has 84 valence electrons. The molecule has 1 N–H and O–H groups in total. The molecule has 0 radical (unpaired) electrons. The van der Waals surface area contributed by atoms with Gasteiger partial charge >= 0.3 is 6.61 Å². The Labute approximate surface area is 95.0 Å². The first-order chi connectivity index (χ1) is 7.68. The van der Waals surface area contributed by atoms with Crippen molar-refractivity contribution in [3.8, 4) is 17.0 Å². The standard InChI is InChI=1S/C10H7ClF2N2O/c11-7-5-14-15-9(7)6-3-1-2-4-8(6)16-10(12)13/h1-5,10H,(H,14,15). The quantitative estimate of drug-likeness (QED) is 0.899. The van der Waals surface area contributed by atoms with Gasteiger partial charge < -0.3 is 4.74 Å². The fourth-order valence-electron chi connectivity index (χ4n) is 1.33. The van der Waals surface area contributed by atoms with Gasteiger partial charge in [-0.2, -0.15) is 13.9 Å². The average molecular weight is 245 g/mol. The monoisotopic (exact) mass is 244 g/mol. The summed E-state index contributed by atoms with van der Waals surface area (Å²) in [5.74, 6) is 0.0589. The van der Waals surface area contributed by atoms with Crippen LogP contribution in [0.15, 0.2) is 30.5 Å². The number of hydrogen-bond donors (Lipinski definition) is 1. The van der Waals surface area contributed by atoms with Crippen molar-refractivity contribution in [1.29, 1.82) is 0 Å². The Bertz CT molecular complexity index is 487. The molecule has 0 saturated heterocycles. The Morgan fingerprint density at radius 3 is 2.69 bits per heavy atom. The Hall–Kier alpha value is -1.62. The SMILES string of the molecule is FC(F)Oc1ccccc1-c1[nH]ncc1Cl. The normalized spacial score (nSPS) is 10.8. The van der Waals surface area contributed by atoms with Gasteiger partial charge in [0.25, 0.3) is 0 Å². The van der Waals surface area contributed by atoms with E-state index < -0.39 is 6.61 Å². The van der Waals surface area contributed by atoms with Crippen molar-refractivity contribution in [1.82, 2.24) is 10.2 Å². The van der Waals surface area contributed by atoms with Crippen LogP contribution in [0.3, 0.4) is 0 Å². The summed E-state index contributed by atoms with van der Waals surface area (Å²) in [6.07, 6.45) is 1.40. The first-order valence-electron chi connectivity index (χ1n) is 4.41. The zero-order valence-electron chi connectivity index (χ0n) is 7.95. The molecule has 1 aromatic carbocycles. The molecule has 2 aromatic rings. The number of H-pyrrole nitrogens is 1. The van der Waals surface area contributed by atoms with Crippen molar-refractivity contribution in [3.63, 3.8) is 0 Å². The van der Waals surface area contributed by atoms with Crippen molar-refractivity contribution >= 4 is 11.6 Å². The van der Waals surface area contributed by atoms with E-state index >= 15 is 0 Å². The molecule has 0 bridgehead atoms. The van der Waals surface area contributed by atoms with E-state index in [1.54, 1.807) is 18.2 Å². The molecule has 0 saturated carbocycles. The van der Waals surface area contributed by atoms with E-state index in [1.807, 2.05) is 0 Å². The second-order valence-electron chi connectivity index (χ2n) is 2.97. The van der Waals surface area contributed by atoms with E-state index in [0.29, 0.717) is 16.3 Å². The number of nitrogens with one attached hydrogen (secondary N) is 1. The molecule has 0 aliphatic carbocycles. The Morgan fingerprint density at radius 2 is 2.06 bits per heavy atom. The van der Waals surface area contributed by atoms with Crippen LogP contribution >= 0.6 is 11.6 Å². The summed E-state index contributed by atoms with van der Waals surface area (Å²) in [5, 5.41) is 6.70. The van der Waals surface area contributed by atoms with Crippen LogP contribution in [0.2, 0.25) is 5.02 Å². The van der Waals surface area contributed by atoms with Crippen molar-refractivity contribution in [2.45, 2.75) is 6.61 Å². The Kier molecular flexibility index (Phi) is 3.05. The minimum atomic E-state index is -2.87. The fraction of sp³-hybridized carbons (Fsp3) is 0.100. The van der Waals surface area contributed by atoms with Crippen LogP contribution in [0, 0.1) is 0 Å². The molecule has 0 fully saturated rings.